The zero-order valence-corrected chi connectivity index (χ0v) is 16.0. The summed E-state index contributed by atoms with van der Waals surface area (Å²) in [6, 6.07) is 18.0. The number of anilines is 1. The molecule has 1 fully saturated rings. The summed E-state index contributed by atoms with van der Waals surface area (Å²) in [4.78, 5) is 10.2. The van der Waals surface area contributed by atoms with Crippen LogP contribution in [-0.2, 0) is 0 Å². The molecule has 0 atom stereocenters. The third-order valence-corrected chi connectivity index (χ3v) is 5.42. The maximum absolute atomic E-state index is 10.0. The second-order valence-corrected chi connectivity index (χ2v) is 7.27. The van der Waals surface area contributed by atoms with Gasteiger partial charge in [0.1, 0.15) is 5.75 Å². The molecule has 1 aliphatic heterocycles. The third kappa shape index (κ3) is 4.85. The molecule has 0 unspecified atom stereocenters. The van der Waals surface area contributed by atoms with Gasteiger partial charge in [0.05, 0.1) is 5.69 Å². The van der Waals surface area contributed by atoms with E-state index in [1.165, 1.54) is 4.90 Å². The monoisotopic (exact) mass is 370 g/mol. The summed E-state index contributed by atoms with van der Waals surface area (Å²) in [6.45, 7) is 4.40. The lowest BCUT2D eigenvalue weighted by Crippen LogP contribution is -2.52. The highest BCUT2D eigenvalue weighted by molar-refractivity contribution is 7.99. The minimum atomic E-state index is 0.349. The maximum atomic E-state index is 10.0. The predicted octanol–water partition coefficient (Wildman–Crippen LogP) is 2.88. The van der Waals surface area contributed by atoms with Crippen molar-refractivity contribution in [3.05, 3.63) is 54.6 Å². The number of rotatable bonds is 5. The number of benzene rings is 2. The van der Waals surface area contributed by atoms with Crippen molar-refractivity contribution in [1.82, 2.24) is 10.2 Å². The Labute approximate surface area is 159 Å². The molecule has 6 heteroatoms. The topological polar surface area (TPSA) is 51.1 Å². The normalized spacial score (nSPS) is 15.2. The highest BCUT2D eigenvalue weighted by atomic mass is 32.2. The largest absolute Gasteiger partial charge is 0.506 e. The first-order valence-electron chi connectivity index (χ1n) is 8.94. The standard InChI is InChI=1S/C20H26N4OS/c1-21-20(22-11-16-26-17-7-3-2-4-8-17)24-14-12-23(13-15-24)18-9-5-6-10-19(18)25/h2-10,25H,11-16H2,1H3,(H,21,22). The second-order valence-electron chi connectivity index (χ2n) is 6.10. The van der Waals surface area contributed by atoms with Crippen LogP contribution in [0.15, 0.2) is 64.5 Å². The van der Waals surface area contributed by atoms with Crippen LogP contribution in [0, 0.1) is 0 Å². The van der Waals surface area contributed by atoms with Gasteiger partial charge in [0.25, 0.3) is 0 Å². The number of para-hydroxylation sites is 2. The number of aromatic hydroxyl groups is 1. The van der Waals surface area contributed by atoms with Gasteiger partial charge in [-0.25, -0.2) is 0 Å². The van der Waals surface area contributed by atoms with E-state index in [0.717, 1.165) is 50.1 Å². The van der Waals surface area contributed by atoms with Gasteiger partial charge in [0, 0.05) is 50.4 Å². The molecule has 2 aromatic rings. The van der Waals surface area contributed by atoms with E-state index in [9.17, 15) is 5.11 Å². The number of piperazine rings is 1. The number of hydrogen-bond acceptors (Lipinski definition) is 4. The Kier molecular flexibility index (Phi) is 6.66. The van der Waals surface area contributed by atoms with Crippen molar-refractivity contribution < 1.29 is 5.11 Å². The molecule has 1 saturated heterocycles. The van der Waals surface area contributed by atoms with Gasteiger partial charge >= 0.3 is 0 Å². The molecule has 2 aromatic carbocycles. The summed E-state index contributed by atoms with van der Waals surface area (Å²) < 4.78 is 0. The van der Waals surface area contributed by atoms with Crippen LogP contribution in [0.3, 0.4) is 0 Å². The van der Waals surface area contributed by atoms with Gasteiger partial charge in [0.2, 0.25) is 0 Å². The van der Waals surface area contributed by atoms with Crippen molar-refractivity contribution in [2.45, 2.75) is 4.90 Å². The molecule has 0 aliphatic carbocycles. The molecule has 0 saturated carbocycles. The minimum Gasteiger partial charge on any atom is -0.506 e. The van der Waals surface area contributed by atoms with Gasteiger partial charge in [-0.15, -0.1) is 11.8 Å². The van der Waals surface area contributed by atoms with E-state index in [1.54, 1.807) is 6.07 Å². The molecule has 0 aromatic heterocycles. The van der Waals surface area contributed by atoms with Gasteiger partial charge in [-0.2, -0.15) is 0 Å². The summed E-state index contributed by atoms with van der Waals surface area (Å²) >= 11 is 1.85. The summed E-state index contributed by atoms with van der Waals surface area (Å²) in [7, 11) is 1.84. The van der Waals surface area contributed by atoms with E-state index in [-0.39, 0.29) is 0 Å². The average Bonchev–Trinajstić information content (AvgIpc) is 2.70. The lowest BCUT2D eigenvalue weighted by atomic mass is 10.2. The number of hydrogen-bond donors (Lipinski definition) is 2. The van der Waals surface area contributed by atoms with E-state index in [4.69, 9.17) is 0 Å². The quantitative estimate of drug-likeness (QED) is 0.367. The molecule has 1 heterocycles. The number of phenolic OH excluding ortho intramolecular Hbond substituents is 1. The van der Waals surface area contributed by atoms with Crippen LogP contribution < -0.4 is 10.2 Å². The van der Waals surface area contributed by atoms with Crippen LogP contribution in [0.1, 0.15) is 0 Å². The number of phenols is 1. The summed E-state index contributed by atoms with van der Waals surface area (Å²) in [5.74, 6) is 2.30. The first-order chi connectivity index (χ1) is 12.8. The molecular weight excluding hydrogens is 344 g/mol. The van der Waals surface area contributed by atoms with Crippen LogP contribution in [-0.4, -0.2) is 61.5 Å². The fourth-order valence-corrected chi connectivity index (χ4v) is 3.86. The number of guanidine groups is 1. The molecule has 1 aliphatic rings. The lowest BCUT2D eigenvalue weighted by molar-refractivity contribution is 0.371. The Hall–Kier alpha value is -2.34. The van der Waals surface area contributed by atoms with Crippen LogP contribution >= 0.6 is 11.8 Å². The van der Waals surface area contributed by atoms with E-state index in [0.29, 0.717) is 5.75 Å². The molecule has 0 amide bonds. The van der Waals surface area contributed by atoms with Crippen molar-refractivity contribution in [3.8, 4) is 5.75 Å². The molecule has 3 rings (SSSR count). The smallest absolute Gasteiger partial charge is 0.193 e. The minimum absolute atomic E-state index is 0.349. The number of nitrogens with zero attached hydrogens (tertiary/aromatic N) is 3. The fourth-order valence-electron chi connectivity index (χ4n) is 3.07. The van der Waals surface area contributed by atoms with Crippen LogP contribution in [0.2, 0.25) is 0 Å². The Morgan fingerprint density at radius 2 is 1.73 bits per heavy atom. The van der Waals surface area contributed by atoms with Crippen LogP contribution in [0.5, 0.6) is 5.75 Å². The first-order valence-corrected chi connectivity index (χ1v) is 9.93. The third-order valence-electron chi connectivity index (χ3n) is 4.41. The number of nitrogens with one attached hydrogen (secondary N) is 1. The van der Waals surface area contributed by atoms with Gasteiger partial charge < -0.3 is 20.2 Å². The second kappa shape index (κ2) is 9.38. The number of aliphatic imine (C=N–C) groups is 1. The average molecular weight is 371 g/mol. The maximum Gasteiger partial charge on any atom is 0.193 e. The lowest BCUT2D eigenvalue weighted by Gasteiger charge is -2.37. The molecule has 5 nitrogen and oxygen atoms in total. The molecule has 26 heavy (non-hydrogen) atoms. The Balaban J connectivity index is 1.44. The van der Waals surface area contributed by atoms with Gasteiger partial charge in [-0.1, -0.05) is 30.3 Å². The Bertz CT molecular complexity index is 715. The summed E-state index contributed by atoms with van der Waals surface area (Å²) in [5, 5.41) is 13.5. The van der Waals surface area contributed by atoms with E-state index < -0.39 is 0 Å². The van der Waals surface area contributed by atoms with Crippen molar-refractivity contribution in [2.24, 2.45) is 4.99 Å². The Morgan fingerprint density at radius 1 is 1.04 bits per heavy atom. The molecular formula is C20H26N4OS. The molecule has 0 radical (unpaired) electrons. The van der Waals surface area contributed by atoms with E-state index >= 15 is 0 Å². The van der Waals surface area contributed by atoms with Crippen LogP contribution in [0.25, 0.3) is 0 Å². The summed E-state index contributed by atoms with van der Waals surface area (Å²) in [5.41, 5.74) is 0.911. The highest BCUT2D eigenvalue weighted by Crippen LogP contribution is 2.27. The van der Waals surface area contributed by atoms with Gasteiger partial charge in [-0.05, 0) is 24.3 Å². The van der Waals surface area contributed by atoms with Crippen molar-refractivity contribution in [1.29, 1.82) is 0 Å². The zero-order chi connectivity index (χ0) is 18.2. The van der Waals surface area contributed by atoms with Crippen molar-refractivity contribution in [3.63, 3.8) is 0 Å². The Morgan fingerprint density at radius 3 is 2.42 bits per heavy atom. The zero-order valence-electron chi connectivity index (χ0n) is 15.1. The predicted molar refractivity (Wildman–Crippen MR) is 110 cm³/mol. The highest BCUT2D eigenvalue weighted by Gasteiger charge is 2.21. The number of thioether (sulfide) groups is 1. The van der Waals surface area contributed by atoms with Gasteiger partial charge in [0.15, 0.2) is 5.96 Å². The summed E-state index contributed by atoms with van der Waals surface area (Å²) in [6.07, 6.45) is 0. The SMILES string of the molecule is CN=C(NCCSc1ccccc1)N1CCN(c2ccccc2O)CC1. The molecule has 2 N–H and O–H groups in total. The molecule has 138 valence electrons. The van der Waals surface area contributed by atoms with Gasteiger partial charge in [-0.3, -0.25) is 4.99 Å². The van der Waals surface area contributed by atoms with Crippen molar-refractivity contribution >= 4 is 23.4 Å². The molecule has 0 spiro atoms. The van der Waals surface area contributed by atoms with E-state index in [2.05, 4.69) is 44.4 Å². The fraction of sp³-hybridized carbons (Fsp3) is 0.350. The van der Waals surface area contributed by atoms with E-state index in [1.807, 2.05) is 43.1 Å². The molecule has 0 bridgehead atoms. The van der Waals surface area contributed by atoms with Crippen molar-refractivity contribution in [2.75, 3.05) is 50.4 Å². The van der Waals surface area contributed by atoms with Crippen LogP contribution in [0.4, 0.5) is 5.69 Å². The first kappa shape index (κ1) is 18.5.